The van der Waals surface area contributed by atoms with E-state index in [0.29, 0.717) is 5.82 Å². The molecule has 2 saturated heterocycles. The van der Waals surface area contributed by atoms with Crippen molar-refractivity contribution in [1.82, 2.24) is 24.3 Å². The van der Waals surface area contributed by atoms with Crippen LogP contribution in [0.3, 0.4) is 0 Å². The molecule has 7 nitrogen and oxygen atoms in total. The van der Waals surface area contributed by atoms with Gasteiger partial charge in [-0.1, -0.05) is 0 Å². The molecule has 1 atom stereocenters. The molecule has 0 aromatic carbocycles. The molecule has 2 aliphatic rings. The van der Waals surface area contributed by atoms with Crippen LogP contribution in [0.5, 0.6) is 0 Å². The molecule has 2 aliphatic heterocycles. The first-order valence-corrected chi connectivity index (χ1v) is 9.25. The number of pyridine rings is 1. The number of imidazole rings is 1. The molecule has 2 aromatic heterocycles. The summed E-state index contributed by atoms with van der Waals surface area (Å²) in [5.74, 6) is 0.506. The maximum atomic E-state index is 12.9. The van der Waals surface area contributed by atoms with Gasteiger partial charge in [0.15, 0.2) is 5.82 Å². The summed E-state index contributed by atoms with van der Waals surface area (Å²) in [5.41, 5.74) is 2.23. The summed E-state index contributed by atoms with van der Waals surface area (Å²) in [4.78, 5) is 26.0. The highest BCUT2D eigenvalue weighted by Gasteiger charge is 2.32. The van der Waals surface area contributed by atoms with Crippen molar-refractivity contribution in [3.05, 3.63) is 47.8 Å². The number of hydrogen-bond acceptors (Lipinski definition) is 5. The van der Waals surface area contributed by atoms with E-state index in [4.69, 9.17) is 4.74 Å². The number of aryl methyl sites for hydroxylation is 1. The van der Waals surface area contributed by atoms with E-state index < -0.39 is 0 Å². The first-order valence-electron chi connectivity index (χ1n) is 9.25. The molecular weight excluding hydrogens is 330 g/mol. The van der Waals surface area contributed by atoms with Crippen LogP contribution in [-0.4, -0.2) is 63.1 Å². The van der Waals surface area contributed by atoms with Crippen LogP contribution in [0.4, 0.5) is 0 Å². The smallest absolute Gasteiger partial charge is 0.290 e. The number of likely N-dealkylation sites (tertiary alicyclic amines) is 1. The summed E-state index contributed by atoms with van der Waals surface area (Å²) in [6.45, 7) is 5.06. The normalized spacial score (nSPS) is 21.3. The Kier molecular flexibility index (Phi) is 4.99. The number of ether oxygens (including phenoxy) is 1. The average molecular weight is 355 g/mol. The molecule has 2 fully saturated rings. The molecule has 26 heavy (non-hydrogen) atoms. The number of nitrogens with zero attached hydrogens (tertiary/aromatic N) is 5. The highest BCUT2D eigenvalue weighted by molar-refractivity contribution is 5.91. The lowest BCUT2D eigenvalue weighted by atomic mass is 10.0. The third kappa shape index (κ3) is 3.50. The van der Waals surface area contributed by atoms with E-state index in [2.05, 4.69) is 20.9 Å². The van der Waals surface area contributed by atoms with E-state index >= 15 is 0 Å². The van der Waals surface area contributed by atoms with Gasteiger partial charge in [0.2, 0.25) is 0 Å². The van der Waals surface area contributed by atoms with Crippen LogP contribution in [-0.2, 0) is 18.3 Å². The van der Waals surface area contributed by atoms with E-state index in [-0.39, 0.29) is 11.9 Å². The fraction of sp³-hybridized carbons (Fsp3) is 0.526. The second-order valence-electron chi connectivity index (χ2n) is 6.99. The van der Waals surface area contributed by atoms with Gasteiger partial charge in [-0.25, -0.2) is 4.98 Å². The van der Waals surface area contributed by atoms with Crippen molar-refractivity contribution in [2.75, 3.05) is 32.8 Å². The van der Waals surface area contributed by atoms with Crippen LogP contribution in [0.2, 0.25) is 0 Å². The molecular formula is C19H25N5O2. The number of rotatable bonds is 4. The number of amides is 1. The molecule has 0 spiro atoms. The minimum Gasteiger partial charge on any atom is -0.379 e. The lowest BCUT2D eigenvalue weighted by Crippen LogP contribution is -2.36. The van der Waals surface area contributed by atoms with Crippen LogP contribution in [0.25, 0.3) is 0 Å². The molecule has 0 N–H and O–H groups in total. The summed E-state index contributed by atoms with van der Waals surface area (Å²) in [6, 6.07) is 4.30. The maximum absolute atomic E-state index is 12.9. The van der Waals surface area contributed by atoms with Crippen LogP contribution in [0.1, 0.15) is 40.8 Å². The second kappa shape index (κ2) is 7.55. The van der Waals surface area contributed by atoms with Gasteiger partial charge in [-0.15, -0.1) is 0 Å². The van der Waals surface area contributed by atoms with E-state index in [1.54, 1.807) is 10.8 Å². The van der Waals surface area contributed by atoms with Gasteiger partial charge >= 0.3 is 0 Å². The molecule has 1 amide bonds. The monoisotopic (exact) mass is 355 g/mol. The molecule has 4 rings (SSSR count). The average Bonchev–Trinajstić information content (AvgIpc) is 3.31. The Labute approximate surface area is 153 Å². The van der Waals surface area contributed by atoms with Crippen molar-refractivity contribution in [2.45, 2.75) is 25.4 Å². The fourth-order valence-electron chi connectivity index (χ4n) is 3.84. The second-order valence-corrected chi connectivity index (χ2v) is 6.99. The maximum Gasteiger partial charge on any atom is 0.290 e. The molecule has 2 aromatic rings. The summed E-state index contributed by atoms with van der Waals surface area (Å²) in [6.07, 6.45) is 7.35. The molecule has 0 radical (unpaired) electrons. The quantitative estimate of drug-likeness (QED) is 0.834. The molecule has 4 heterocycles. The standard InChI is InChI=1S/C19H25N5O2/c1-22-8-6-21-18(22)19(25)24-7-2-3-17(24)15-4-5-20-16(13-15)14-23-9-11-26-12-10-23/h4-6,8,13,17H,2-3,7,9-12,14H2,1H3/t17-/m1/s1. The van der Waals surface area contributed by atoms with E-state index in [1.807, 2.05) is 30.4 Å². The Hall–Kier alpha value is -2.25. The van der Waals surface area contributed by atoms with Crippen molar-refractivity contribution in [1.29, 1.82) is 0 Å². The highest BCUT2D eigenvalue weighted by Crippen LogP contribution is 2.33. The van der Waals surface area contributed by atoms with Gasteiger partial charge in [-0.2, -0.15) is 0 Å². The fourth-order valence-corrected chi connectivity index (χ4v) is 3.84. The summed E-state index contributed by atoms with van der Waals surface area (Å²) in [5, 5.41) is 0. The topological polar surface area (TPSA) is 63.5 Å². The van der Waals surface area contributed by atoms with Gasteiger partial charge in [0, 0.05) is 51.8 Å². The van der Waals surface area contributed by atoms with E-state index in [9.17, 15) is 4.79 Å². The predicted molar refractivity (Wildman–Crippen MR) is 96.6 cm³/mol. The van der Waals surface area contributed by atoms with Crippen LogP contribution in [0.15, 0.2) is 30.7 Å². The molecule has 7 heteroatoms. The third-order valence-electron chi connectivity index (χ3n) is 5.24. The van der Waals surface area contributed by atoms with E-state index in [0.717, 1.165) is 57.9 Å². The summed E-state index contributed by atoms with van der Waals surface area (Å²) < 4.78 is 7.20. The number of aromatic nitrogens is 3. The van der Waals surface area contributed by atoms with Gasteiger partial charge in [-0.3, -0.25) is 14.7 Å². The minimum absolute atomic E-state index is 0.00606. The third-order valence-corrected chi connectivity index (χ3v) is 5.24. The Morgan fingerprint density at radius 2 is 2.08 bits per heavy atom. The highest BCUT2D eigenvalue weighted by atomic mass is 16.5. The minimum atomic E-state index is 0.00606. The largest absolute Gasteiger partial charge is 0.379 e. The lowest BCUT2D eigenvalue weighted by molar-refractivity contribution is 0.0336. The predicted octanol–water partition coefficient (Wildman–Crippen LogP) is 1.62. The first-order chi connectivity index (χ1) is 12.7. The molecule has 0 saturated carbocycles. The van der Waals surface area contributed by atoms with Crippen molar-refractivity contribution in [3.8, 4) is 0 Å². The zero-order valence-corrected chi connectivity index (χ0v) is 15.2. The van der Waals surface area contributed by atoms with Crippen LogP contribution in [0, 0.1) is 0 Å². The van der Waals surface area contributed by atoms with Gasteiger partial charge < -0.3 is 14.2 Å². The summed E-state index contributed by atoms with van der Waals surface area (Å²) in [7, 11) is 1.86. The molecule has 138 valence electrons. The van der Waals surface area contributed by atoms with Gasteiger partial charge in [0.05, 0.1) is 24.9 Å². The van der Waals surface area contributed by atoms with Crippen molar-refractivity contribution >= 4 is 5.91 Å². The van der Waals surface area contributed by atoms with Crippen LogP contribution >= 0.6 is 0 Å². The zero-order valence-electron chi connectivity index (χ0n) is 15.2. The Morgan fingerprint density at radius 1 is 1.23 bits per heavy atom. The number of hydrogen-bond donors (Lipinski definition) is 0. The lowest BCUT2D eigenvalue weighted by Gasteiger charge is -2.27. The number of morpholine rings is 1. The molecule has 0 bridgehead atoms. The van der Waals surface area contributed by atoms with E-state index in [1.165, 1.54) is 5.56 Å². The number of carbonyl (C=O) groups excluding carboxylic acids is 1. The van der Waals surface area contributed by atoms with Crippen LogP contribution < -0.4 is 0 Å². The van der Waals surface area contributed by atoms with Crippen molar-refractivity contribution < 1.29 is 9.53 Å². The Bertz CT molecular complexity index is 769. The number of carbonyl (C=O) groups is 1. The van der Waals surface area contributed by atoms with Crippen molar-refractivity contribution in [2.24, 2.45) is 7.05 Å². The van der Waals surface area contributed by atoms with Gasteiger partial charge in [0.1, 0.15) is 0 Å². The zero-order chi connectivity index (χ0) is 17.9. The van der Waals surface area contributed by atoms with Gasteiger partial charge in [-0.05, 0) is 30.5 Å². The SMILES string of the molecule is Cn1ccnc1C(=O)N1CCC[C@@H]1c1ccnc(CN2CCOCC2)c1. The summed E-state index contributed by atoms with van der Waals surface area (Å²) >= 11 is 0. The Morgan fingerprint density at radius 3 is 2.85 bits per heavy atom. The van der Waals surface area contributed by atoms with Crippen molar-refractivity contribution in [3.63, 3.8) is 0 Å². The Balaban J connectivity index is 1.51. The van der Waals surface area contributed by atoms with Gasteiger partial charge in [0.25, 0.3) is 5.91 Å². The molecule has 0 aliphatic carbocycles. The first kappa shape index (κ1) is 17.2. The molecule has 0 unspecified atom stereocenters.